The van der Waals surface area contributed by atoms with Crippen molar-refractivity contribution in [3.05, 3.63) is 0 Å². The fraction of sp³-hybridized carbons (Fsp3) is 0. The third-order valence-corrected chi connectivity index (χ3v) is 0. The van der Waals surface area contributed by atoms with E-state index in [9.17, 15) is 0 Å². The van der Waals surface area contributed by atoms with Gasteiger partial charge in [-0.1, -0.05) is 0 Å². The molecule has 0 fully saturated rings. The van der Waals surface area contributed by atoms with Gasteiger partial charge >= 0.3 is 0 Å². The molecule has 0 aromatic carbocycles. The van der Waals surface area contributed by atoms with E-state index in [1.807, 2.05) is 0 Å². The summed E-state index contributed by atoms with van der Waals surface area (Å²) in [4.78, 5) is 0. The first-order valence-electron chi connectivity index (χ1n) is 0.535. The van der Waals surface area contributed by atoms with Gasteiger partial charge in [-0.25, -0.2) is 0 Å². The third kappa shape index (κ3) is 15.4. The summed E-state index contributed by atoms with van der Waals surface area (Å²) in [5.74, 6) is 0. The van der Waals surface area contributed by atoms with Crippen LogP contribution in [0.4, 0.5) is 4.70 Å². The van der Waals surface area contributed by atoms with Crippen molar-refractivity contribution in [2.75, 3.05) is 0 Å². The molecule has 0 atom stereocenters. The maximum Gasteiger partial charge on any atom is 0.222 e. The highest BCUT2D eigenvalue weighted by Gasteiger charge is 1.46. The maximum atomic E-state index is 4.90. The predicted molar refractivity (Wildman–Crippen MR) is 22.8 cm³/mol. The number of hydrogen-bond acceptors (Lipinski definition) is 0. The monoisotopic (exact) mass is 120 g/mol. The van der Waals surface area contributed by atoms with Crippen LogP contribution in [0.1, 0.15) is 0 Å². The Bertz CT molecular complexity index is 6.00. The Morgan fingerprint density at radius 2 is 1.25 bits per heavy atom. The van der Waals surface area contributed by atoms with Gasteiger partial charge in [0, 0.05) is 0 Å². The summed E-state index contributed by atoms with van der Waals surface area (Å²) >= 11 is 9.81. The van der Waals surface area contributed by atoms with Crippen molar-refractivity contribution in [2.24, 2.45) is 0 Å². The minimum Gasteiger partial charge on any atom is -0.269 e. The van der Waals surface area contributed by atoms with E-state index >= 15 is 0 Å². The molecule has 0 saturated carbocycles. The van der Waals surface area contributed by atoms with Gasteiger partial charge in [0.15, 0.2) is 0 Å². The molecule has 0 amide bonds. The summed E-state index contributed by atoms with van der Waals surface area (Å²) in [6.45, 7) is 0. The van der Waals surface area contributed by atoms with E-state index in [2.05, 4.69) is 0 Å². The summed E-state index contributed by atoms with van der Waals surface area (Å²) in [5, 5.41) is 0. The Morgan fingerprint density at radius 3 is 1.25 bits per heavy atom. The minimum absolute atomic E-state index is 0. The van der Waals surface area contributed by atoms with E-state index in [1.54, 1.807) is 0 Å². The molecule has 0 heterocycles. The average molecular weight is 121 g/mol. The summed E-state index contributed by atoms with van der Waals surface area (Å²) in [6.07, 6.45) is 0. The Labute approximate surface area is 35.7 Å². The molecule has 0 nitrogen and oxygen atoms in total. The van der Waals surface area contributed by atoms with Gasteiger partial charge in [-0.3, -0.25) is 4.70 Å². The molecule has 0 radical (unpaired) electrons. The Hall–Kier alpha value is 0.727. The van der Waals surface area contributed by atoms with Crippen LogP contribution in [0.15, 0.2) is 0 Å². The summed E-state index contributed by atoms with van der Waals surface area (Å²) in [5.41, 5.74) is 0. The zero-order valence-corrected chi connectivity index (χ0v) is 4.80. The maximum absolute atomic E-state index is 4.90. The highest BCUT2D eigenvalue weighted by Crippen LogP contribution is 1.67. The van der Waals surface area contributed by atoms with Crippen molar-refractivity contribution in [3.8, 4) is 0 Å². The second-order valence-electron chi connectivity index (χ2n) is 0.101. The summed E-state index contributed by atoms with van der Waals surface area (Å²) < 4.78 is 0. The van der Waals surface area contributed by atoms with E-state index in [0.717, 1.165) is 0 Å². The van der Waals surface area contributed by atoms with Crippen LogP contribution in [-0.4, -0.2) is 8.14 Å². The van der Waals surface area contributed by atoms with E-state index in [-0.39, 0.29) is 4.70 Å². The number of rotatable bonds is 0. The quantitative estimate of drug-likeness (QED) is 0.325. The first-order chi connectivity index (χ1) is 1.41. The Balaban J connectivity index is 0. The molecular weight excluding hydrogens is 118 g/mol. The molecule has 28 valence electrons. The van der Waals surface area contributed by atoms with Crippen molar-refractivity contribution < 1.29 is 4.70 Å². The Morgan fingerprint density at radius 1 is 1.25 bits per heavy atom. The van der Waals surface area contributed by atoms with E-state index in [0.29, 0.717) is 0 Å². The zero-order valence-electron chi connectivity index (χ0n) is 1.87. The topological polar surface area (TPSA) is 0 Å². The molecule has 0 aliphatic carbocycles. The molecule has 4 heavy (non-hydrogen) atoms. The lowest BCUT2D eigenvalue weighted by Gasteiger charge is -1.39. The normalized spacial score (nSPS) is 4.50. The van der Waals surface area contributed by atoms with Gasteiger partial charge in [-0.2, -0.15) is 22.2 Å². The van der Waals surface area contributed by atoms with Crippen LogP contribution >= 0.6 is 22.2 Å². The lowest BCUT2D eigenvalue weighted by Crippen LogP contribution is -1.36. The minimum atomic E-state index is -0.639. The second-order valence-corrected chi connectivity index (χ2v) is 2.73. The van der Waals surface area contributed by atoms with E-state index in [1.165, 1.54) is 0 Å². The highest BCUT2D eigenvalue weighted by atomic mass is 35.7. The molecule has 0 N–H and O–H groups in total. The molecule has 0 saturated heterocycles. The van der Waals surface area contributed by atoms with Crippen LogP contribution in [0.25, 0.3) is 0 Å². The van der Waals surface area contributed by atoms with E-state index in [4.69, 9.17) is 22.2 Å². The molecule has 0 aromatic rings. The number of hydrogen-bond donors (Lipinski definition) is 0. The van der Waals surface area contributed by atoms with Crippen LogP contribution in [0.2, 0.25) is 0 Å². The van der Waals surface area contributed by atoms with Gasteiger partial charge in [0.2, 0.25) is 8.14 Å². The first-order valence-corrected chi connectivity index (χ1v) is 4.81. The van der Waals surface area contributed by atoms with Gasteiger partial charge in [0.05, 0.1) is 0 Å². The SMILES string of the molecule is Cl[SiH2]Cl.F. The molecule has 0 rings (SSSR count). The van der Waals surface area contributed by atoms with Gasteiger partial charge in [-0.15, -0.1) is 0 Å². The van der Waals surface area contributed by atoms with Crippen molar-refractivity contribution in [3.63, 3.8) is 0 Å². The smallest absolute Gasteiger partial charge is 0.222 e. The molecule has 0 unspecified atom stereocenters. The highest BCUT2D eigenvalue weighted by molar-refractivity contribution is 7.22. The van der Waals surface area contributed by atoms with Gasteiger partial charge in [0.1, 0.15) is 0 Å². The van der Waals surface area contributed by atoms with Crippen LogP contribution < -0.4 is 0 Å². The molecule has 0 bridgehead atoms. The number of halogens is 3. The predicted octanol–water partition coefficient (Wildman–Crippen LogP) is 0.615. The van der Waals surface area contributed by atoms with Gasteiger partial charge < -0.3 is 0 Å². The van der Waals surface area contributed by atoms with Gasteiger partial charge in [-0.05, 0) is 0 Å². The molecule has 0 spiro atoms. The van der Waals surface area contributed by atoms with Crippen molar-refractivity contribution >= 4 is 30.3 Å². The van der Waals surface area contributed by atoms with Crippen molar-refractivity contribution in [2.45, 2.75) is 0 Å². The van der Waals surface area contributed by atoms with Crippen molar-refractivity contribution in [1.29, 1.82) is 0 Å². The summed E-state index contributed by atoms with van der Waals surface area (Å²) in [7, 11) is -0.639. The second kappa shape index (κ2) is 9.29. The fourth-order valence-corrected chi connectivity index (χ4v) is 0. The molecule has 0 aliphatic heterocycles. The lowest BCUT2D eigenvalue weighted by molar-refractivity contribution is 1.11. The molecule has 0 aromatic heterocycles. The van der Waals surface area contributed by atoms with Crippen LogP contribution in [-0.2, 0) is 0 Å². The summed E-state index contributed by atoms with van der Waals surface area (Å²) in [6, 6.07) is 0. The lowest BCUT2D eigenvalue weighted by atomic mass is 19.0. The van der Waals surface area contributed by atoms with Crippen LogP contribution in [0, 0.1) is 0 Å². The molecule has 4 heteroatoms. The first kappa shape index (κ1) is 8.83. The standard InChI is InChI=1S/Cl2H2Si.FH/c1-3-2;/h3H2;1H. The van der Waals surface area contributed by atoms with Crippen LogP contribution in [0.5, 0.6) is 0 Å². The molecular formula is H3Cl2FSi. The average Bonchev–Trinajstić information content (AvgIpc) is 0.918. The van der Waals surface area contributed by atoms with Crippen molar-refractivity contribution in [1.82, 2.24) is 0 Å². The van der Waals surface area contributed by atoms with E-state index < -0.39 is 8.14 Å². The molecule has 0 aliphatic rings. The Kier molecular flexibility index (Phi) is 20.5. The zero-order chi connectivity index (χ0) is 2.71. The van der Waals surface area contributed by atoms with Crippen LogP contribution in [0.3, 0.4) is 0 Å². The fourth-order valence-electron chi connectivity index (χ4n) is 0. The van der Waals surface area contributed by atoms with Gasteiger partial charge in [0.25, 0.3) is 0 Å². The third-order valence-electron chi connectivity index (χ3n) is 0. The largest absolute Gasteiger partial charge is 0.269 e.